The Kier molecular flexibility index (Phi) is 18.3. The first-order valence-corrected chi connectivity index (χ1v) is 23.6. The number of aromatic amines is 1. The quantitative estimate of drug-likeness (QED) is 0.0397. The molecule has 0 spiro atoms. The van der Waals surface area contributed by atoms with Crippen LogP contribution in [0.2, 0.25) is 5.02 Å². The highest BCUT2D eigenvalue weighted by molar-refractivity contribution is 6.37. The molecule has 0 bridgehead atoms. The van der Waals surface area contributed by atoms with Gasteiger partial charge in [-0.25, -0.2) is 9.78 Å². The molecule has 72 heavy (non-hydrogen) atoms. The first-order chi connectivity index (χ1) is 34.4. The van der Waals surface area contributed by atoms with Crippen molar-refractivity contribution < 1.29 is 43.8 Å². The van der Waals surface area contributed by atoms with Gasteiger partial charge in [0.2, 0.25) is 35.4 Å². The van der Waals surface area contributed by atoms with E-state index in [9.17, 15) is 43.8 Å². The molecule has 0 saturated heterocycles. The standard InChI is InChI=1S/C48H57ClN14O9/c1-25(2)40(57-35(64)9-5-4-6-23-63-36(65)20-21-37(63)66)46(70)53-26(3)43(67)54-30-17-18-31(32(24-30)42-59-61-62-60-42)45(69)52-22-7-8-34(47(71)72)55-44(68)29-14-11-27(12-15-29)10-13-28-16-19-33-38(39(28)49)41(50)58-48(51)56-33/h11-12,14-21,24-26,34,36,40,65H,4-10,13,22-23H2,1-3H3,(H,52,69)(H,53,70)(H,54,67)(H,55,68)(H,57,64)(H,71,72)(H4,50,51,56,58)(H,59,60,61,62)/t26-,34-,36?,40-/m0/s1. The van der Waals surface area contributed by atoms with Gasteiger partial charge in [0.05, 0.1) is 21.5 Å². The Morgan fingerprint density at radius 3 is 2.32 bits per heavy atom. The molecule has 1 unspecified atom stereocenters. The number of aromatic nitrogens is 6. The lowest BCUT2D eigenvalue weighted by Crippen LogP contribution is -2.53. The molecule has 3 heterocycles. The zero-order chi connectivity index (χ0) is 52.1. The second-order valence-electron chi connectivity index (χ2n) is 17.5. The van der Waals surface area contributed by atoms with Crippen LogP contribution in [0.15, 0.2) is 66.7 Å². The Balaban J connectivity index is 0.957. The number of anilines is 3. The van der Waals surface area contributed by atoms with Crippen molar-refractivity contribution in [3.8, 4) is 11.4 Å². The van der Waals surface area contributed by atoms with E-state index in [2.05, 4.69) is 57.2 Å². The van der Waals surface area contributed by atoms with Crippen LogP contribution in [0.3, 0.4) is 0 Å². The normalized spacial score (nSPS) is 14.4. The molecule has 0 aliphatic carbocycles. The van der Waals surface area contributed by atoms with E-state index in [0.29, 0.717) is 54.6 Å². The number of nitrogens with two attached hydrogens (primary N) is 2. The van der Waals surface area contributed by atoms with Gasteiger partial charge in [0.1, 0.15) is 30.2 Å². The first-order valence-electron chi connectivity index (χ1n) is 23.3. The molecule has 12 N–H and O–H groups in total. The highest BCUT2D eigenvalue weighted by Gasteiger charge is 2.28. The molecule has 1 aliphatic heterocycles. The van der Waals surface area contributed by atoms with Gasteiger partial charge in [0.15, 0.2) is 0 Å². The molecule has 6 amide bonds. The number of nitrogen functional groups attached to an aromatic ring is 2. The van der Waals surface area contributed by atoms with Crippen LogP contribution >= 0.6 is 11.6 Å². The number of carbonyl (C=O) groups is 7. The van der Waals surface area contributed by atoms with Crippen LogP contribution in [0.25, 0.3) is 22.3 Å². The van der Waals surface area contributed by atoms with Gasteiger partial charge in [-0.2, -0.15) is 10.2 Å². The minimum atomic E-state index is -1.26. The number of carbonyl (C=O) groups excluding carboxylic acids is 6. The lowest BCUT2D eigenvalue weighted by Gasteiger charge is -2.24. The number of H-pyrrole nitrogens is 1. The summed E-state index contributed by atoms with van der Waals surface area (Å²) in [5.41, 5.74) is 14.8. The number of nitrogens with zero attached hydrogens (tertiary/aromatic N) is 6. The first kappa shape index (κ1) is 53.3. The van der Waals surface area contributed by atoms with E-state index < -0.39 is 54.0 Å². The molecule has 5 aromatic rings. The number of carboxylic acids is 1. The molecule has 4 atom stereocenters. The summed E-state index contributed by atoms with van der Waals surface area (Å²) >= 11 is 6.64. The van der Waals surface area contributed by atoms with Gasteiger partial charge in [-0.1, -0.05) is 50.1 Å². The summed E-state index contributed by atoms with van der Waals surface area (Å²) in [6.45, 7) is 5.38. The summed E-state index contributed by atoms with van der Waals surface area (Å²) in [6, 6.07) is 11.5. The SMILES string of the molecule is CC(C)[C@H](NC(=O)CCCCCN1C(=O)C=CC1O)C(=O)N[C@@H](C)C(=O)Nc1ccc(C(=O)NCCC[C@H](NC(=O)c2ccc(CCc3ccc4nc(N)nc(N)c4c3Cl)cc2)C(=O)O)c(-c2nn[nH]n2)c1. The molecule has 3 aromatic carbocycles. The maximum Gasteiger partial charge on any atom is 0.326 e. The van der Waals surface area contributed by atoms with Crippen molar-refractivity contribution in [1.82, 2.24) is 56.8 Å². The molecule has 0 fully saturated rings. The van der Waals surface area contributed by atoms with E-state index >= 15 is 0 Å². The summed E-state index contributed by atoms with van der Waals surface area (Å²) in [5.74, 6) is -4.22. The second-order valence-corrected chi connectivity index (χ2v) is 17.9. The molecule has 380 valence electrons. The van der Waals surface area contributed by atoms with Crippen molar-refractivity contribution in [3.05, 3.63) is 94.0 Å². The minimum absolute atomic E-state index is 0.00885. The molecular weight excluding hydrogens is 952 g/mol. The maximum atomic E-state index is 13.5. The van der Waals surface area contributed by atoms with Crippen LogP contribution < -0.4 is 38.1 Å². The van der Waals surface area contributed by atoms with Crippen molar-refractivity contribution in [1.29, 1.82) is 0 Å². The largest absolute Gasteiger partial charge is 0.480 e. The van der Waals surface area contributed by atoms with E-state index in [1.54, 1.807) is 44.2 Å². The molecule has 6 rings (SSSR count). The number of aryl methyl sites for hydroxylation is 2. The van der Waals surface area contributed by atoms with Gasteiger partial charge in [0, 0.05) is 42.4 Å². The third-order valence-corrected chi connectivity index (χ3v) is 12.3. The number of unbranched alkanes of at least 4 members (excludes halogenated alkanes) is 2. The Morgan fingerprint density at radius 2 is 1.64 bits per heavy atom. The number of hydrogen-bond donors (Lipinski definition) is 10. The summed E-state index contributed by atoms with van der Waals surface area (Å²) in [5, 5.41) is 48.0. The molecule has 0 radical (unpaired) electrons. The van der Waals surface area contributed by atoms with Crippen molar-refractivity contribution in [2.75, 3.05) is 29.9 Å². The van der Waals surface area contributed by atoms with Gasteiger partial charge < -0.3 is 53.2 Å². The van der Waals surface area contributed by atoms with E-state index in [1.165, 1.54) is 42.2 Å². The number of aliphatic carboxylic acids is 1. The van der Waals surface area contributed by atoms with Gasteiger partial charge in [-0.05, 0) is 110 Å². The lowest BCUT2D eigenvalue weighted by atomic mass is 10.0. The average Bonchev–Trinajstić information content (AvgIpc) is 4.00. The summed E-state index contributed by atoms with van der Waals surface area (Å²) in [7, 11) is 0. The number of tetrazole rings is 1. The fourth-order valence-corrected chi connectivity index (χ4v) is 8.19. The van der Waals surface area contributed by atoms with Crippen molar-refractivity contribution >= 4 is 81.4 Å². The number of aliphatic hydroxyl groups excluding tert-OH is 1. The number of halogens is 1. The van der Waals surface area contributed by atoms with E-state index in [-0.39, 0.29) is 83.5 Å². The number of amides is 6. The number of nitrogens with one attached hydrogen (secondary N) is 6. The van der Waals surface area contributed by atoms with E-state index in [0.717, 1.165) is 11.1 Å². The van der Waals surface area contributed by atoms with Gasteiger partial charge in [-0.3, -0.25) is 28.8 Å². The smallest absolute Gasteiger partial charge is 0.326 e. The van der Waals surface area contributed by atoms with Crippen LogP contribution in [-0.4, -0.2) is 125 Å². The van der Waals surface area contributed by atoms with Crippen molar-refractivity contribution in [2.45, 2.75) is 96.5 Å². The van der Waals surface area contributed by atoms with Gasteiger partial charge in [-0.15, -0.1) is 10.2 Å². The van der Waals surface area contributed by atoms with Gasteiger partial charge in [0.25, 0.3) is 11.8 Å². The van der Waals surface area contributed by atoms with E-state index in [1.807, 2.05) is 6.07 Å². The van der Waals surface area contributed by atoms with Crippen LogP contribution in [-0.2, 0) is 36.8 Å². The third-order valence-electron chi connectivity index (χ3n) is 11.8. The summed E-state index contributed by atoms with van der Waals surface area (Å²) in [4.78, 5) is 99.4. The Hall–Kier alpha value is -8.05. The predicted octanol–water partition coefficient (Wildman–Crippen LogP) is 2.67. The number of benzene rings is 3. The molecule has 1 aliphatic rings. The number of aliphatic hydroxyl groups is 1. The molecule has 0 saturated carbocycles. The molecule has 23 nitrogen and oxygen atoms in total. The fourth-order valence-electron chi connectivity index (χ4n) is 7.84. The zero-order valence-electron chi connectivity index (χ0n) is 39.8. The average molecular weight is 1010 g/mol. The zero-order valence-corrected chi connectivity index (χ0v) is 40.5. The van der Waals surface area contributed by atoms with Gasteiger partial charge >= 0.3 is 5.97 Å². The van der Waals surface area contributed by atoms with Crippen molar-refractivity contribution in [3.63, 3.8) is 0 Å². The van der Waals surface area contributed by atoms with Crippen LogP contribution in [0.1, 0.15) is 91.1 Å². The van der Waals surface area contributed by atoms with Crippen molar-refractivity contribution in [2.24, 2.45) is 5.92 Å². The fraction of sp³-hybridized carbons (Fsp3) is 0.375. The maximum absolute atomic E-state index is 13.5. The highest BCUT2D eigenvalue weighted by Crippen LogP contribution is 2.31. The highest BCUT2D eigenvalue weighted by atomic mass is 35.5. The molecule has 24 heteroatoms. The third kappa shape index (κ3) is 14.1. The molecular formula is C48H57ClN14O9. The summed E-state index contributed by atoms with van der Waals surface area (Å²) in [6.07, 6.45) is 4.94. The Labute approximate surface area is 418 Å². The van der Waals surface area contributed by atoms with Crippen LogP contribution in [0.5, 0.6) is 0 Å². The molecule has 2 aromatic heterocycles. The number of rotatable bonds is 24. The predicted molar refractivity (Wildman–Crippen MR) is 266 cm³/mol. The second kappa shape index (κ2) is 24.7. The minimum Gasteiger partial charge on any atom is -0.480 e. The van der Waals surface area contributed by atoms with Crippen LogP contribution in [0, 0.1) is 5.92 Å². The summed E-state index contributed by atoms with van der Waals surface area (Å²) < 4.78 is 0. The Bertz CT molecular complexity index is 2830. The van der Waals surface area contributed by atoms with Crippen LogP contribution in [0.4, 0.5) is 17.5 Å². The lowest BCUT2D eigenvalue weighted by molar-refractivity contribution is -0.139. The monoisotopic (exact) mass is 1010 g/mol. The topological polar surface area (TPSA) is 356 Å². The number of fused-ring (bicyclic) bond motifs is 1. The number of carboxylic acid groups (broad SMARTS) is 1. The Morgan fingerprint density at radius 1 is 0.875 bits per heavy atom. The van der Waals surface area contributed by atoms with E-state index in [4.69, 9.17) is 23.1 Å². The number of hydrogen-bond acceptors (Lipinski definition) is 15.